The van der Waals surface area contributed by atoms with Gasteiger partial charge in [0.05, 0.1) is 10.6 Å². The molecule has 10 heteroatoms. The fourth-order valence-electron chi connectivity index (χ4n) is 4.07. The maximum atomic E-state index is 13.0. The summed E-state index contributed by atoms with van der Waals surface area (Å²) in [6.07, 6.45) is 8.00. The number of benzene rings is 1. The first-order valence-corrected chi connectivity index (χ1v) is 13.5. The fourth-order valence-corrected chi connectivity index (χ4v) is 6.27. The van der Waals surface area contributed by atoms with Crippen LogP contribution in [0, 0.1) is 0 Å². The van der Waals surface area contributed by atoms with Crippen LogP contribution in [0.2, 0.25) is 0 Å². The molecule has 8 nitrogen and oxygen atoms in total. The molecule has 2 aliphatic rings. The average molecular weight is 477 g/mol. The number of sulfonamides is 1. The van der Waals surface area contributed by atoms with E-state index < -0.39 is 10.0 Å². The average Bonchev–Trinajstić information content (AvgIpc) is 3.52. The Morgan fingerprint density at radius 1 is 1.19 bits per heavy atom. The molecule has 0 saturated carbocycles. The first kappa shape index (κ1) is 23.0. The maximum Gasteiger partial charge on any atom is 0.277 e. The van der Waals surface area contributed by atoms with Crippen LogP contribution in [0.3, 0.4) is 0 Å². The summed E-state index contributed by atoms with van der Waals surface area (Å²) < 4.78 is 33.2. The molecule has 1 saturated heterocycles. The molecule has 0 spiro atoms. The number of rotatable bonds is 8. The standard InChI is InChI=1S/C22H28N4O4S2/c1-2-26(18-10-4-5-11-18)20(27)16-31-22-24-23-21(30-22)17-9-8-12-19(15-17)32(28,29)25-13-6-3-7-14-25/h8-10,12,15H,2-7,11,13-14,16H2,1H3. The van der Waals surface area contributed by atoms with Gasteiger partial charge in [0, 0.05) is 30.9 Å². The van der Waals surface area contributed by atoms with Crippen molar-refractivity contribution in [1.82, 2.24) is 19.4 Å². The first-order valence-electron chi connectivity index (χ1n) is 11.1. The minimum Gasteiger partial charge on any atom is -0.411 e. The van der Waals surface area contributed by atoms with Crippen LogP contribution < -0.4 is 0 Å². The molecular weight excluding hydrogens is 448 g/mol. The number of aromatic nitrogens is 2. The van der Waals surface area contributed by atoms with Crippen molar-refractivity contribution in [3.05, 3.63) is 36.0 Å². The molecule has 1 aliphatic heterocycles. The van der Waals surface area contributed by atoms with Gasteiger partial charge in [0.15, 0.2) is 0 Å². The topological polar surface area (TPSA) is 96.6 Å². The third-order valence-electron chi connectivity index (χ3n) is 5.74. The maximum absolute atomic E-state index is 13.0. The Kier molecular flexibility index (Phi) is 7.32. The minimum atomic E-state index is -3.55. The zero-order valence-electron chi connectivity index (χ0n) is 18.2. The second-order valence-corrected chi connectivity index (χ2v) is 10.7. The molecular formula is C22H28N4O4S2. The lowest BCUT2D eigenvalue weighted by Gasteiger charge is -2.25. The SMILES string of the molecule is CCN(C(=O)CSc1nnc(-c2cccc(S(=O)(=O)N3CCCCC3)c2)o1)C1=CCCC1. The lowest BCUT2D eigenvalue weighted by atomic mass is 10.2. The van der Waals surface area contributed by atoms with Crippen LogP contribution in [0.1, 0.15) is 45.4 Å². The van der Waals surface area contributed by atoms with Crippen LogP contribution in [0.15, 0.2) is 50.6 Å². The molecule has 32 heavy (non-hydrogen) atoms. The summed E-state index contributed by atoms with van der Waals surface area (Å²) >= 11 is 1.19. The summed E-state index contributed by atoms with van der Waals surface area (Å²) in [5.41, 5.74) is 1.64. The highest BCUT2D eigenvalue weighted by Gasteiger charge is 2.26. The second kappa shape index (κ2) is 10.2. The van der Waals surface area contributed by atoms with Crippen LogP contribution in [-0.2, 0) is 14.8 Å². The van der Waals surface area contributed by atoms with Gasteiger partial charge in [-0.05, 0) is 57.2 Å². The third kappa shape index (κ3) is 5.07. The van der Waals surface area contributed by atoms with Crippen molar-refractivity contribution in [2.75, 3.05) is 25.4 Å². The van der Waals surface area contributed by atoms with Crippen LogP contribution in [0.4, 0.5) is 0 Å². The zero-order chi connectivity index (χ0) is 22.6. The largest absolute Gasteiger partial charge is 0.411 e. The molecule has 0 atom stereocenters. The molecule has 1 aliphatic carbocycles. The predicted octanol–water partition coefficient (Wildman–Crippen LogP) is 3.92. The number of allylic oxidation sites excluding steroid dienone is 2. The van der Waals surface area contributed by atoms with Gasteiger partial charge in [-0.2, -0.15) is 4.31 Å². The predicted molar refractivity (Wildman–Crippen MR) is 122 cm³/mol. The van der Waals surface area contributed by atoms with Gasteiger partial charge in [0.2, 0.25) is 21.8 Å². The van der Waals surface area contributed by atoms with Crippen LogP contribution in [-0.4, -0.2) is 59.1 Å². The van der Waals surface area contributed by atoms with E-state index in [1.165, 1.54) is 16.1 Å². The lowest BCUT2D eigenvalue weighted by Crippen LogP contribution is -2.35. The van der Waals surface area contributed by atoms with Crippen molar-refractivity contribution in [3.63, 3.8) is 0 Å². The highest BCUT2D eigenvalue weighted by atomic mass is 32.2. The second-order valence-electron chi connectivity index (χ2n) is 7.88. The summed E-state index contributed by atoms with van der Waals surface area (Å²) in [4.78, 5) is 14.7. The molecule has 0 bridgehead atoms. The molecule has 2 heterocycles. The van der Waals surface area contributed by atoms with Gasteiger partial charge in [0.25, 0.3) is 5.22 Å². The van der Waals surface area contributed by atoms with Crippen molar-refractivity contribution >= 4 is 27.7 Å². The lowest BCUT2D eigenvalue weighted by molar-refractivity contribution is -0.126. The Hall–Kier alpha value is -2.17. The molecule has 1 fully saturated rings. The van der Waals surface area contributed by atoms with Gasteiger partial charge >= 0.3 is 0 Å². The molecule has 0 unspecified atom stereocenters. The number of carbonyl (C=O) groups excluding carboxylic acids is 1. The van der Waals surface area contributed by atoms with E-state index in [1.54, 1.807) is 24.3 Å². The number of hydrogen-bond acceptors (Lipinski definition) is 7. The molecule has 1 aromatic carbocycles. The van der Waals surface area contributed by atoms with E-state index >= 15 is 0 Å². The number of thioether (sulfide) groups is 1. The molecule has 0 radical (unpaired) electrons. The van der Waals surface area contributed by atoms with Gasteiger partial charge in [-0.15, -0.1) is 10.2 Å². The van der Waals surface area contributed by atoms with E-state index in [4.69, 9.17) is 4.42 Å². The number of piperidine rings is 1. The zero-order valence-corrected chi connectivity index (χ0v) is 19.8. The Morgan fingerprint density at radius 2 is 2.00 bits per heavy atom. The molecule has 2 aromatic rings. The molecule has 172 valence electrons. The Morgan fingerprint density at radius 3 is 2.72 bits per heavy atom. The Balaban J connectivity index is 1.43. The Bertz CT molecular complexity index is 1090. The van der Waals surface area contributed by atoms with E-state index in [9.17, 15) is 13.2 Å². The Labute approximate surface area is 193 Å². The number of hydrogen-bond donors (Lipinski definition) is 0. The third-order valence-corrected chi connectivity index (χ3v) is 8.44. The van der Waals surface area contributed by atoms with E-state index in [0.717, 1.165) is 44.2 Å². The summed E-state index contributed by atoms with van der Waals surface area (Å²) in [6.45, 7) is 3.71. The molecule has 4 rings (SSSR count). The van der Waals surface area contributed by atoms with Gasteiger partial charge in [0.1, 0.15) is 0 Å². The van der Waals surface area contributed by atoms with Gasteiger partial charge in [-0.1, -0.05) is 30.3 Å². The summed E-state index contributed by atoms with van der Waals surface area (Å²) in [7, 11) is -3.55. The van der Waals surface area contributed by atoms with E-state index in [0.29, 0.717) is 25.2 Å². The van der Waals surface area contributed by atoms with E-state index in [1.807, 2.05) is 11.8 Å². The molecule has 1 amide bonds. The normalized spacial score (nSPS) is 17.3. The highest BCUT2D eigenvalue weighted by molar-refractivity contribution is 7.99. The van der Waals surface area contributed by atoms with E-state index in [-0.39, 0.29) is 27.7 Å². The smallest absolute Gasteiger partial charge is 0.277 e. The van der Waals surface area contributed by atoms with Crippen molar-refractivity contribution in [2.24, 2.45) is 0 Å². The van der Waals surface area contributed by atoms with Crippen molar-refractivity contribution in [1.29, 1.82) is 0 Å². The van der Waals surface area contributed by atoms with Gasteiger partial charge in [-0.25, -0.2) is 8.42 Å². The fraction of sp³-hybridized carbons (Fsp3) is 0.500. The minimum absolute atomic E-state index is 0.0139. The number of carbonyl (C=O) groups is 1. The summed E-state index contributed by atoms with van der Waals surface area (Å²) in [5.74, 6) is 0.456. The van der Waals surface area contributed by atoms with Crippen LogP contribution in [0.25, 0.3) is 11.5 Å². The van der Waals surface area contributed by atoms with Crippen molar-refractivity contribution in [3.8, 4) is 11.5 Å². The quantitative estimate of drug-likeness (QED) is 0.533. The first-order chi connectivity index (χ1) is 15.5. The summed E-state index contributed by atoms with van der Waals surface area (Å²) in [6, 6.07) is 6.59. The van der Waals surface area contributed by atoms with E-state index in [2.05, 4.69) is 16.3 Å². The van der Waals surface area contributed by atoms with Gasteiger partial charge in [-0.3, -0.25) is 4.79 Å². The molecule has 1 aromatic heterocycles. The molecule has 0 N–H and O–H groups in total. The number of nitrogens with zero attached hydrogens (tertiary/aromatic N) is 4. The highest BCUT2D eigenvalue weighted by Crippen LogP contribution is 2.28. The number of amides is 1. The van der Waals surface area contributed by atoms with Gasteiger partial charge < -0.3 is 9.32 Å². The monoisotopic (exact) mass is 476 g/mol. The summed E-state index contributed by atoms with van der Waals surface area (Å²) in [5, 5.41) is 8.38. The van der Waals surface area contributed by atoms with Crippen LogP contribution >= 0.6 is 11.8 Å². The van der Waals surface area contributed by atoms with Crippen LogP contribution in [0.5, 0.6) is 0 Å². The van der Waals surface area contributed by atoms with Crippen molar-refractivity contribution < 1.29 is 17.6 Å². The van der Waals surface area contributed by atoms with Crippen molar-refractivity contribution in [2.45, 2.75) is 55.6 Å².